The molecule has 0 aliphatic heterocycles. The molecule has 5 heteroatoms. The smallest absolute Gasteiger partial charge is 0.254 e. The van der Waals surface area contributed by atoms with Gasteiger partial charge in [0.2, 0.25) is 5.88 Å². The number of rotatable bonds is 3. The predicted molar refractivity (Wildman–Crippen MR) is 80.2 cm³/mol. The number of halogens is 1. The third-order valence-corrected chi connectivity index (χ3v) is 2.32. The molecule has 1 aromatic carbocycles. The van der Waals surface area contributed by atoms with E-state index < -0.39 is 5.91 Å². The monoisotopic (exact) mass is 290 g/mol. The van der Waals surface area contributed by atoms with E-state index in [2.05, 4.69) is 11.6 Å². The summed E-state index contributed by atoms with van der Waals surface area (Å²) in [6.07, 6.45) is 3.28. The minimum absolute atomic E-state index is 0.183. The van der Waals surface area contributed by atoms with Crippen molar-refractivity contribution >= 4 is 17.5 Å². The molecule has 0 unspecified atom stereocenters. The number of aromatic nitrogens is 1. The maximum absolute atomic E-state index is 11.1. The Morgan fingerprint density at radius 2 is 1.95 bits per heavy atom. The molecule has 0 atom stereocenters. The van der Waals surface area contributed by atoms with Crippen LogP contribution in [0.3, 0.4) is 0 Å². The maximum Gasteiger partial charge on any atom is 0.254 e. The molecule has 2 aromatic rings. The van der Waals surface area contributed by atoms with Crippen LogP contribution >= 0.6 is 11.6 Å². The van der Waals surface area contributed by atoms with E-state index in [0.29, 0.717) is 10.8 Å². The topological polar surface area (TPSA) is 65.2 Å². The number of hydrogen-bond donors (Lipinski definition) is 1. The van der Waals surface area contributed by atoms with Crippen LogP contribution in [0.25, 0.3) is 0 Å². The second-order valence-electron chi connectivity index (χ2n) is 3.68. The summed E-state index contributed by atoms with van der Waals surface area (Å²) in [4.78, 5) is 15.1. The number of hydrogen-bond acceptors (Lipinski definition) is 3. The Labute approximate surface area is 122 Å². The molecule has 20 heavy (non-hydrogen) atoms. The summed E-state index contributed by atoms with van der Waals surface area (Å²) in [5, 5.41) is 0.605. The molecule has 4 nitrogen and oxygen atoms in total. The van der Waals surface area contributed by atoms with Crippen molar-refractivity contribution in [2.75, 3.05) is 0 Å². The maximum atomic E-state index is 11.1. The molecule has 2 rings (SSSR count). The van der Waals surface area contributed by atoms with E-state index in [1.807, 2.05) is 6.92 Å². The van der Waals surface area contributed by atoms with Gasteiger partial charge in [-0.2, -0.15) is 0 Å². The third kappa shape index (κ3) is 4.74. The van der Waals surface area contributed by atoms with E-state index in [-0.39, 0.29) is 11.4 Å². The van der Waals surface area contributed by atoms with E-state index in [0.717, 1.165) is 0 Å². The van der Waals surface area contributed by atoms with E-state index in [4.69, 9.17) is 22.1 Å². The summed E-state index contributed by atoms with van der Waals surface area (Å²) < 4.78 is 5.46. The van der Waals surface area contributed by atoms with E-state index in [1.165, 1.54) is 6.20 Å². The van der Waals surface area contributed by atoms with Crippen LogP contribution in [-0.4, -0.2) is 10.9 Å². The first-order valence-corrected chi connectivity index (χ1v) is 6.21. The largest absolute Gasteiger partial charge is 0.438 e. The lowest BCUT2D eigenvalue weighted by Crippen LogP contribution is -2.12. The SMILES string of the molecule is C=CC.NC(=O)c1cccnc1Oc1ccc(Cl)cc1. The Balaban J connectivity index is 0.000000612. The van der Waals surface area contributed by atoms with Crippen LogP contribution < -0.4 is 10.5 Å². The lowest BCUT2D eigenvalue weighted by atomic mass is 10.2. The van der Waals surface area contributed by atoms with Crippen molar-refractivity contribution in [2.45, 2.75) is 6.92 Å². The highest BCUT2D eigenvalue weighted by atomic mass is 35.5. The second kappa shape index (κ2) is 7.96. The van der Waals surface area contributed by atoms with Gasteiger partial charge in [0, 0.05) is 11.2 Å². The zero-order chi connectivity index (χ0) is 15.0. The highest BCUT2D eigenvalue weighted by molar-refractivity contribution is 6.30. The highest BCUT2D eigenvalue weighted by Gasteiger charge is 2.10. The Hall–Kier alpha value is -2.33. The van der Waals surface area contributed by atoms with Gasteiger partial charge in [0.05, 0.1) is 0 Å². The van der Waals surface area contributed by atoms with Crippen LogP contribution in [0.5, 0.6) is 11.6 Å². The Bertz CT molecular complexity index is 583. The Morgan fingerprint density at radius 3 is 2.50 bits per heavy atom. The first kappa shape index (κ1) is 15.7. The van der Waals surface area contributed by atoms with Gasteiger partial charge < -0.3 is 10.5 Å². The summed E-state index contributed by atoms with van der Waals surface area (Å²) in [7, 11) is 0. The molecular formula is C15H15ClN2O2. The predicted octanol–water partition coefficient (Wildman–Crippen LogP) is 3.82. The molecule has 2 N–H and O–H groups in total. The van der Waals surface area contributed by atoms with Crippen molar-refractivity contribution in [3.8, 4) is 11.6 Å². The van der Waals surface area contributed by atoms with Gasteiger partial charge in [0.15, 0.2) is 0 Å². The van der Waals surface area contributed by atoms with Gasteiger partial charge in [-0.05, 0) is 43.3 Å². The molecule has 1 aromatic heterocycles. The van der Waals surface area contributed by atoms with Crippen molar-refractivity contribution in [1.29, 1.82) is 0 Å². The van der Waals surface area contributed by atoms with E-state index in [9.17, 15) is 4.79 Å². The van der Waals surface area contributed by atoms with Crippen LogP contribution in [0.15, 0.2) is 55.3 Å². The fraction of sp³-hybridized carbons (Fsp3) is 0.0667. The van der Waals surface area contributed by atoms with Crippen LogP contribution in [0.4, 0.5) is 0 Å². The quantitative estimate of drug-likeness (QED) is 0.874. The van der Waals surface area contributed by atoms with Crippen LogP contribution in [0.2, 0.25) is 5.02 Å². The minimum atomic E-state index is -0.581. The molecule has 0 aliphatic carbocycles. The van der Waals surface area contributed by atoms with Crippen molar-refractivity contribution in [2.24, 2.45) is 5.73 Å². The first-order chi connectivity index (χ1) is 9.58. The molecule has 0 saturated carbocycles. The molecule has 0 saturated heterocycles. The highest BCUT2D eigenvalue weighted by Crippen LogP contribution is 2.23. The average Bonchev–Trinajstić information content (AvgIpc) is 2.43. The number of primary amides is 1. The number of benzene rings is 1. The third-order valence-electron chi connectivity index (χ3n) is 2.06. The summed E-state index contributed by atoms with van der Waals surface area (Å²) in [6, 6.07) is 9.91. The molecule has 1 heterocycles. The Morgan fingerprint density at radius 1 is 1.35 bits per heavy atom. The molecule has 0 radical (unpaired) electrons. The average molecular weight is 291 g/mol. The number of allylic oxidation sites excluding steroid dienone is 1. The van der Waals surface area contributed by atoms with Gasteiger partial charge in [-0.3, -0.25) is 4.79 Å². The normalized spacial score (nSPS) is 9.10. The number of ether oxygens (including phenoxy) is 1. The first-order valence-electron chi connectivity index (χ1n) is 5.83. The molecule has 1 amide bonds. The molecule has 0 aliphatic rings. The molecule has 0 spiro atoms. The molecule has 104 valence electrons. The number of carbonyl (C=O) groups excluding carboxylic acids is 1. The fourth-order valence-corrected chi connectivity index (χ4v) is 1.40. The van der Waals surface area contributed by atoms with Gasteiger partial charge in [-0.25, -0.2) is 4.98 Å². The number of amides is 1. The number of pyridine rings is 1. The van der Waals surface area contributed by atoms with Gasteiger partial charge >= 0.3 is 0 Å². The van der Waals surface area contributed by atoms with E-state index in [1.54, 1.807) is 42.5 Å². The standard InChI is InChI=1S/C12H9ClN2O2.C3H6/c13-8-3-5-9(6-4-8)17-12-10(11(14)16)2-1-7-15-12;1-3-2/h1-7H,(H2,14,16);3H,1H2,2H3. The minimum Gasteiger partial charge on any atom is -0.438 e. The lowest BCUT2D eigenvalue weighted by molar-refractivity contribution is 0.0997. The zero-order valence-corrected chi connectivity index (χ0v) is 11.8. The van der Waals surface area contributed by atoms with E-state index >= 15 is 0 Å². The molecule has 0 fully saturated rings. The van der Waals surface area contributed by atoms with Crippen LogP contribution in [-0.2, 0) is 0 Å². The van der Waals surface area contributed by atoms with Crippen LogP contribution in [0, 0.1) is 0 Å². The van der Waals surface area contributed by atoms with Crippen molar-refractivity contribution in [3.63, 3.8) is 0 Å². The van der Waals surface area contributed by atoms with Crippen molar-refractivity contribution < 1.29 is 9.53 Å². The lowest BCUT2D eigenvalue weighted by Gasteiger charge is -2.07. The van der Waals surface area contributed by atoms with Crippen molar-refractivity contribution in [1.82, 2.24) is 4.98 Å². The second-order valence-corrected chi connectivity index (χ2v) is 4.12. The summed E-state index contributed by atoms with van der Waals surface area (Å²) in [6.45, 7) is 5.25. The summed E-state index contributed by atoms with van der Waals surface area (Å²) in [5.74, 6) is 0.139. The fourth-order valence-electron chi connectivity index (χ4n) is 1.27. The molecular weight excluding hydrogens is 276 g/mol. The number of carbonyl (C=O) groups is 1. The van der Waals surface area contributed by atoms with Gasteiger partial charge in [0.25, 0.3) is 5.91 Å². The number of nitrogens with two attached hydrogens (primary N) is 1. The Kier molecular flexibility index (Phi) is 6.26. The van der Waals surface area contributed by atoms with Gasteiger partial charge in [-0.1, -0.05) is 17.7 Å². The summed E-state index contributed by atoms with van der Waals surface area (Å²) in [5.41, 5.74) is 5.45. The van der Waals surface area contributed by atoms with Crippen molar-refractivity contribution in [3.05, 3.63) is 65.8 Å². The summed E-state index contributed by atoms with van der Waals surface area (Å²) >= 11 is 5.75. The van der Waals surface area contributed by atoms with Gasteiger partial charge in [-0.15, -0.1) is 6.58 Å². The zero-order valence-electron chi connectivity index (χ0n) is 11.0. The van der Waals surface area contributed by atoms with Crippen LogP contribution in [0.1, 0.15) is 17.3 Å². The number of nitrogens with zero attached hydrogens (tertiary/aromatic N) is 1. The van der Waals surface area contributed by atoms with Gasteiger partial charge in [0.1, 0.15) is 11.3 Å². The molecule has 0 bridgehead atoms.